The fraction of sp³-hybridized carbons (Fsp3) is 0.400. The van der Waals surface area contributed by atoms with E-state index in [0.29, 0.717) is 5.92 Å². The minimum Gasteiger partial charge on any atom is -0.383 e. The Morgan fingerprint density at radius 1 is 1.39 bits per heavy atom. The number of benzene rings is 1. The molecule has 3 nitrogen and oxygen atoms in total. The number of aryl methyl sites for hydroxylation is 1. The highest BCUT2D eigenvalue weighted by molar-refractivity contribution is 5.71. The average molecular weight is 241 g/mol. The van der Waals surface area contributed by atoms with E-state index in [9.17, 15) is 0 Å². The molecule has 3 heteroatoms. The van der Waals surface area contributed by atoms with Gasteiger partial charge in [-0.05, 0) is 25.8 Å². The predicted molar refractivity (Wildman–Crippen MR) is 74.5 cm³/mol. The topological polar surface area (TPSA) is 43.8 Å². The molecule has 1 aromatic carbocycles. The lowest BCUT2D eigenvalue weighted by Crippen LogP contribution is -2.15. The van der Waals surface area contributed by atoms with Gasteiger partial charge in [0.25, 0.3) is 0 Å². The van der Waals surface area contributed by atoms with Crippen molar-refractivity contribution < 1.29 is 0 Å². The van der Waals surface area contributed by atoms with Gasteiger partial charge in [0, 0.05) is 18.0 Å². The van der Waals surface area contributed by atoms with E-state index in [1.807, 2.05) is 0 Å². The molecule has 1 aliphatic heterocycles. The van der Waals surface area contributed by atoms with Gasteiger partial charge in [0.2, 0.25) is 0 Å². The molecule has 0 saturated carbocycles. The van der Waals surface area contributed by atoms with Crippen LogP contribution in [-0.2, 0) is 6.54 Å². The second-order valence-electron chi connectivity index (χ2n) is 5.27. The largest absolute Gasteiger partial charge is 0.383 e. The summed E-state index contributed by atoms with van der Waals surface area (Å²) < 4.78 is 2.19. The molecule has 2 heterocycles. The quantitative estimate of drug-likeness (QED) is 0.832. The first kappa shape index (κ1) is 11.3. The van der Waals surface area contributed by atoms with E-state index in [4.69, 9.17) is 10.7 Å². The van der Waals surface area contributed by atoms with Crippen molar-refractivity contribution in [3.63, 3.8) is 0 Å². The van der Waals surface area contributed by atoms with Crippen LogP contribution in [0, 0.1) is 6.92 Å². The van der Waals surface area contributed by atoms with Crippen LogP contribution in [-0.4, -0.2) is 9.55 Å². The summed E-state index contributed by atoms with van der Waals surface area (Å²) >= 11 is 0. The molecule has 94 valence electrons. The normalized spacial score (nSPS) is 18.7. The van der Waals surface area contributed by atoms with Gasteiger partial charge in [-0.15, -0.1) is 0 Å². The van der Waals surface area contributed by atoms with Crippen LogP contribution in [0.5, 0.6) is 0 Å². The Kier molecular flexibility index (Phi) is 2.62. The van der Waals surface area contributed by atoms with Crippen LogP contribution in [0.2, 0.25) is 0 Å². The number of aromatic nitrogens is 2. The number of hydrogen-bond donors (Lipinski definition) is 1. The highest BCUT2D eigenvalue weighted by atomic mass is 15.2. The van der Waals surface area contributed by atoms with E-state index < -0.39 is 0 Å². The zero-order chi connectivity index (χ0) is 12.7. The zero-order valence-electron chi connectivity index (χ0n) is 11.0. The summed E-state index contributed by atoms with van der Waals surface area (Å²) in [6, 6.07) is 8.39. The Hall–Kier alpha value is -1.77. The highest BCUT2D eigenvalue weighted by Crippen LogP contribution is 2.34. The summed E-state index contributed by atoms with van der Waals surface area (Å²) in [5, 5.41) is 0. The number of imidazole rings is 1. The van der Waals surface area contributed by atoms with Gasteiger partial charge in [-0.25, -0.2) is 4.98 Å². The third kappa shape index (κ3) is 1.70. The lowest BCUT2D eigenvalue weighted by Gasteiger charge is -2.20. The van der Waals surface area contributed by atoms with E-state index in [-0.39, 0.29) is 0 Å². The zero-order valence-corrected chi connectivity index (χ0v) is 11.0. The molecule has 0 aliphatic carbocycles. The molecule has 0 spiro atoms. The average Bonchev–Trinajstić information content (AvgIpc) is 2.69. The fourth-order valence-corrected chi connectivity index (χ4v) is 2.78. The van der Waals surface area contributed by atoms with Crippen molar-refractivity contribution in [3.8, 4) is 11.3 Å². The number of nitrogens with zero attached hydrogens (tertiary/aromatic N) is 2. The number of nitrogen functional groups attached to an aromatic ring is 1. The van der Waals surface area contributed by atoms with Crippen molar-refractivity contribution in [2.24, 2.45) is 0 Å². The maximum atomic E-state index is 6.27. The molecule has 1 unspecified atom stereocenters. The van der Waals surface area contributed by atoms with Crippen LogP contribution < -0.4 is 5.73 Å². The lowest BCUT2D eigenvalue weighted by molar-refractivity contribution is 0.467. The molecule has 0 fully saturated rings. The summed E-state index contributed by atoms with van der Waals surface area (Å²) in [4.78, 5) is 4.78. The summed E-state index contributed by atoms with van der Waals surface area (Å²) in [5.41, 5.74) is 9.58. The van der Waals surface area contributed by atoms with E-state index in [2.05, 4.69) is 42.7 Å². The van der Waals surface area contributed by atoms with Crippen LogP contribution in [0.4, 0.5) is 5.82 Å². The summed E-state index contributed by atoms with van der Waals surface area (Å²) in [7, 11) is 0. The first-order chi connectivity index (χ1) is 8.66. The van der Waals surface area contributed by atoms with Crippen LogP contribution in [0.1, 0.15) is 37.1 Å². The fourth-order valence-electron chi connectivity index (χ4n) is 2.78. The minimum absolute atomic E-state index is 0.514. The highest BCUT2D eigenvalue weighted by Gasteiger charge is 2.23. The van der Waals surface area contributed by atoms with E-state index in [1.165, 1.54) is 18.4 Å². The minimum atomic E-state index is 0.514. The van der Waals surface area contributed by atoms with Gasteiger partial charge in [0.1, 0.15) is 17.3 Å². The second kappa shape index (κ2) is 4.16. The molecule has 2 N–H and O–H groups in total. The molecular formula is C15H19N3. The Labute approximate surface area is 108 Å². The molecule has 0 bridgehead atoms. The smallest absolute Gasteiger partial charge is 0.131 e. The summed E-state index contributed by atoms with van der Waals surface area (Å²) in [6.07, 6.45) is 2.41. The Balaban J connectivity index is 2.14. The molecule has 18 heavy (non-hydrogen) atoms. The monoisotopic (exact) mass is 241 g/mol. The third-order valence-electron chi connectivity index (χ3n) is 3.79. The van der Waals surface area contributed by atoms with Gasteiger partial charge < -0.3 is 10.3 Å². The van der Waals surface area contributed by atoms with Crippen molar-refractivity contribution in [2.45, 2.75) is 39.2 Å². The number of anilines is 1. The number of hydrogen-bond acceptors (Lipinski definition) is 2. The molecule has 2 aromatic rings. The van der Waals surface area contributed by atoms with Crippen molar-refractivity contribution >= 4 is 5.82 Å². The first-order valence-electron chi connectivity index (χ1n) is 6.59. The van der Waals surface area contributed by atoms with Gasteiger partial charge in [0.05, 0.1) is 0 Å². The maximum Gasteiger partial charge on any atom is 0.131 e. The first-order valence-corrected chi connectivity index (χ1v) is 6.59. The van der Waals surface area contributed by atoms with Crippen molar-refractivity contribution in [3.05, 3.63) is 35.7 Å². The SMILES string of the molecule is Cc1cccc(-c2nc3n(c2N)CCCC3C)c1. The number of rotatable bonds is 1. The van der Waals surface area contributed by atoms with E-state index in [0.717, 1.165) is 29.4 Å². The predicted octanol–water partition coefficient (Wildman–Crippen LogP) is 3.34. The van der Waals surface area contributed by atoms with Crippen molar-refractivity contribution in [2.75, 3.05) is 5.73 Å². The Morgan fingerprint density at radius 2 is 2.22 bits per heavy atom. The van der Waals surface area contributed by atoms with Gasteiger partial charge in [-0.1, -0.05) is 30.7 Å². The molecule has 1 aromatic heterocycles. The molecule has 3 rings (SSSR count). The Bertz CT molecular complexity index is 583. The van der Waals surface area contributed by atoms with Gasteiger partial charge in [-0.3, -0.25) is 0 Å². The van der Waals surface area contributed by atoms with Gasteiger partial charge >= 0.3 is 0 Å². The second-order valence-corrected chi connectivity index (χ2v) is 5.27. The maximum absolute atomic E-state index is 6.27. The molecule has 1 aliphatic rings. The van der Waals surface area contributed by atoms with Crippen molar-refractivity contribution in [1.82, 2.24) is 9.55 Å². The van der Waals surface area contributed by atoms with Crippen LogP contribution in [0.3, 0.4) is 0 Å². The summed E-state index contributed by atoms with van der Waals surface area (Å²) in [5.74, 6) is 2.48. The molecule has 0 amide bonds. The number of nitrogens with two attached hydrogens (primary N) is 1. The van der Waals surface area contributed by atoms with Crippen LogP contribution in [0.15, 0.2) is 24.3 Å². The van der Waals surface area contributed by atoms with Gasteiger partial charge in [-0.2, -0.15) is 0 Å². The molecule has 0 radical (unpaired) electrons. The van der Waals surface area contributed by atoms with Crippen LogP contribution >= 0.6 is 0 Å². The molecule has 1 atom stereocenters. The Morgan fingerprint density at radius 3 is 2.94 bits per heavy atom. The molecule has 0 saturated heterocycles. The summed E-state index contributed by atoms with van der Waals surface area (Å²) in [6.45, 7) is 5.33. The standard InChI is InChI=1S/C15H19N3/c1-10-5-3-7-12(9-10)13-14(16)18-8-4-6-11(2)15(18)17-13/h3,5,7,9,11H,4,6,8,16H2,1-2H3. The van der Waals surface area contributed by atoms with Crippen LogP contribution in [0.25, 0.3) is 11.3 Å². The third-order valence-corrected chi connectivity index (χ3v) is 3.79. The van der Waals surface area contributed by atoms with Crippen molar-refractivity contribution in [1.29, 1.82) is 0 Å². The van der Waals surface area contributed by atoms with Gasteiger partial charge in [0.15, 0.2) is 0 Å². The molecular weight excluding hydrogens is 222 g/mol. The lowest BCUT2D eigenvalue weighted by atomic mass is 10.0. The van der Waals surface area contributed by atoms with E-state index in [1.54, 1.807) is 0 Å². The van der Waals surface area contributed by atoms with E-state index >= 15 is 0 Å². The number of fused-ring (bicyclic) bond motifs is 1.